The van der Waals surface area contributed by atoms with Crippen LogP contribution in [0, 0.1) is 0 Å². The smallest absolute Gasteiger partial charge is 0.198 e. The molecule has 2 aromatic heterocycles. The van der Waals surface area contributed by atoms with Crippen LogP contribution in [0.2, 0.25) is 5.02 Å². The Morgan fingerprint density at radius 2 is 2.00 bits per heavy atom. The third-order valence-corrected chi connectivity index (χ3v) is 3.63. The lowest BCUT2D eigenvalue weighted by atomic mass is 10.2. The molecule has 3 aromatic rings. The van der Waals surface area contributed by atoms with Crippen molar-refractivity contribution >= 4 is 28.3 Å². The first-order valence-electron chi connectivity index (χ1n) is 6.05. The summed E-state index contributed by atoms with van der Waals surface area (Å²) in [5, 5.41) is 1.69. The topological polar surface area (TPSA) is 26.9 Å². The maximum Gasteiger partial charge on any atom is 0.198 e. The lowest BCUT2D eigenvalue weighted by molar-refractivity contribution is 0.0965. The molecule has 3 nitrogen and oxygen atoms in total. The molecule has 0 bridgehead atoms. The van der Waals surface area contributed by atoms with Gasteiger partial charge in [0.15, 0.2) is 5.78 Å². The lowest BCUT2D eigenvalue weighted by Gasteiger charge is -2.06. The molecule has 2 heterocycles. The number of rotatable bonds is 3. The molecular weight excluding hydrogens is 260 g/mol. The molecule has 0 radical (unpaired) electrons. The number of carbonyl (C=O) groups is 1. The number of ketones is 1. The van der Waals surface area contributed by atoms with E-state index in [2.05, 4.69) is 0 Å². The third kappa shape index (κ3) is 2.06. The van der Waals surface area contributed by atoms with E-state index in [0.29, 0.717) is 17.3 Å². The molecular formula is C15H13ClN2O. The van der Waals surface area contributed by atoms with Crippen molar-refractivity contribution in [1.29, 1.82) is 0 Å². The molecule has 0 N–H and O–H groups in total. The molecule has 0 aliphatic heterocycles. The fraction of sp³-hybridized carbons (Fsp3) is 0.133. The van der Waals surface area contributed by atoms with Crippen LogP contribution in [0.4, 0.5) is 0 Å². The summed E-state index contributed by atoms with van der Waals surface area (Å²) in [6.45, 7) is 0.321. The number of fused-ring (bicyclic) bond motifs is 1. The molecule has 0 saturated heterocycles. The van der Waals surface area contributed by atoms with Crippen LogP contribution in [0.15, 0.2) is 48.8 Å². The van der Waals surface area contributed by atoms with Crippen LogP contribution >= 0.6 is 11.6 Å². The molecule has 3 rings (SSSR count). The Bertz CT molecular complexity index is 754. The highest BCUT2D eigenvalue weighted by molar-refractivity contribution is 6.35. The van der Waals surface area contributed by atoms with Gasteiger partial charge in [-0.15, -0.1) is 0 Å². The van der Waals surface area contributed by atoms with Crippen LogP contribution in [0.25, 0.3) is 10.9 Å². The minimum absolute atomic E-state index is 0.0879. The summed E-state index contributed by atoms with van der Waals surface area (Å²) >= 11 is 6.13. The molecule has 19 heavy (non-hydrogen) atoms. The average molecular weight is 273 g/mol. The van der Waals surface area contributed by atoms with E-state index in [1.54, 1.807) is 0 Å². The van der Waals surface area contributed by atoms with Gasteiger partial charge in [-0.05, 0) is 30.3 Å². The average Bonchev–Trinajstić information content (AvgIpc) is 2.97. The minimum Gasteiger partial charge on any atom is -0.348 e. The van der Waals surface area contributed by atoms with Gasteiger partial charge >= 0.3 is 0 Å². The standard InChI is InChI=1S/C15H13ClN2O/c1-17-8-3-6-14(17)15(19)10-18-9-7-11-12(16)4-2-5-13(11)18/h2-9H,10H2,1H3. The normalized spacial score (nSPS) is 11.1. The van der Waals surface area contributed by atoms with Crippen LogP contribution in [0.1, 0.15) is 10.5 Å². The number of aromatic nitrogens is 2. The van der Waals surface area contributed by atoms with Crippen molar-refractivity contribution in [2.45, 2.75) is 6.54 Å². The number of halogens is 1. The quantitative estimate of drug-likeness (QED) is 0.670. The number of aryl methyl sites for hydroxylation is 1. The Labute approximate surface area is 116 Å². The van der Waals surface area contributed by atoms with Crippen LogP contribution in [-0.2, 0) is 13.6 Å². The summed E-state index contributed by atoms with van der Waals surface area (Å²) < 4.78 is 3.76. The highest BCUT2D eigenvalue weighted by Gasteiger charge is 2.11. The van der Waals surface area contributed by atoms with Crippen molar-refractivity contribution in [3.8, 4) is 0 Å². The monoisotopic (exact) mass is 272 g/mol. The minimum atomic E-state index is 0.0879. The second-order valence-corrected chi connectivity index (χ2v) is 4.95. The molecule has 1 aromatic carbocycles. The summed E-state index contributed by atoms with van der Waals surface area (Å²) in [6.07, 6.45) is 3.77. The second kappa shape index (κ2) is 4.59. The summed E-state index contributed by atoms with van der Waals surface area (Å²) in [7, 11) is 1.87. The predicted molar refractivity (Wildman–Crippen MR) is 76.7 cm³/mol. The van der Waals surface area contributed by atoms with E-state index in [-0.39, 0.29) is 5.78 Å². The van der Waals surface area contributed by atoms with Crippen molar-refractivity contribution in [2.24, 2.45) is 7.05 Å². The van der Waals surface area contributed by atoms with E-state index in [1.807, 2.05) is 65.0 Å². The molecule has 96 valence electrons. The maximum atomic E-state index is 12.2. The largest absolute Gasteiger partial charge is 0.348 e. The number of Topliss-reactive ketones (excluding diaryl/α,β-unsaturated/α-hetero) is 1. The molecule has 0 aliphatic carbocycles. The number of carbonyl (C=O) groups excluding carboxylic acids is 1. The van der Waals surface area contributed by atoms with Gasteiger partial charge in [0, 0.05) is 35.4 Å². The molecule has 4 heteroatoms. The van der Waals surface area contributed by atoms with Crippen LogP contribution < -0.4 is 0 Å². The fourth-order valence-electron chi connectivity index (χ4n) is 2.31. The van der Waals surface area contributed by atoms with Crippen molar-refractivity contribution in [3.05, 3.63) is 59.5 Å². The first-order valence-corrected chi connectivity index (χ1v) is 6.42. The van der Waals surface area contributed by atoms with Crippen LogP contribution in [0.5, 0.6) is 0 Å². The molecule has 0 saturated carbocycles. The fourth-order valence-corrected chi connectivity index (χ4v) is 2.54. The molecule has 0 fully saturated rings. The summed E-state index contributed by atoms with van der Waals surface area (Å²) in [5.74, 6) is 0.0879. The van der Waals surface area contributed by atoms with E-state index in [4.69, 9.17) is 11.6 Å². The van der Waals surface area contributed by atoms with Crippen molar-refractivity contribution in [3.63, 3.8) is 0 Å². The van der Waals surface area contributed by atoms with Gasteiger partial charge in [-0.1, -0.05) is 17.7 Å². The van der Waals surface area contributed by atoms with Gasteiger partial charge in [-0.25, -0.2) is 0 Å². The van der Waals surface area contributed by atoms with Gasteiger partial charge in [-0.2, -0.15) is 0 Å². The summed E-state index contributed by atoms with van der Waals surface area (Å²) in [6, 6.07) is 11.4. The molecule has 0 unspecified atom stereocenters. The highest BCUT2D eigenvalue weighted by atomic mass is 35.5. The van der Waals surface area contributed by atoms with Gasteiger partial charge in [0.1, 0.15) is 0 Å². The maximum absolute atomic E-state index is 12.2. The van der Waals surface area contributed by atoms with E-state index in [0.717, 1.165) is 10.9 Å². The summed E-state index contributed by atoms with van der Waals surface area (Å²) in [4.78, 5) is 12.2. The van der Waals surface area contributed by atoms with E-state index >= 15 is 0 Å². The SMILES string of the molecule is Cn1cccc1C(=O)Cn1ccc2c(Cl)cccc21. The second-order valence-electron chi connectivity index (χ2n) is 4.54. The van der Waals surface area contributed by atoms with Crippen molar-refractivity contribution < 1.29 is 4.79 Å². The number of hydrogen-bond acceptors (Lipinski definition) is 1. The predicted octanol–water partition coefficient (Wildman–Crippen LogP) is 3.52. The van der Waals surface area contributed by atoms with Crippen molar-refractivity contribution in [2.75, 3.05) is 0 Å². The lowest BCUT2D eigenvalue weighted by Crippen LogP contribution is -2.12. The van der Waals surface area contributed by atoms with Gasteiger partial charge in [0.05, 0.1) is 12.2 Å². The van der Waals surface area contributed by atoms with Gasteiger partial charge in [0.25, 0.3) is 0 Å². The van der Waals surface area contributed by atoms with Gasteiger partial charge in [-0.3, -0.25) is 4.79 Å². The van der Waals surface area contributed by atoms with E-state index in [9.17, 15) is 4.79 Å². The first kappa shape index (κ1) is 12.1. The van der Waals surface area contributed by atoms with Crippen molar-refractivity contribution in [1.82, 2.24) is 9.13 Å². The van der Waals surface area contributed by atoms with Gasteiger partial charge in [0.2, 0.25) is 0 Å². The number of nitrogens with zero attached hydrogens (tertiary/aromatic N) is 2. The Hall–Kier alpha value is -2.00. The highest BCUT2D eigenvalue weighted by Crippen LogP contribution is 2.24. The zero-order chi connectivity index (χ0) is 13.4. The van der Waals surface area contributed by atoms with Crippen LogP contribution in [0.3, 0.4) is 0 Å². The summed E-state index contributed by atoms with van der Waals surface area (Å²) in [5.41, 5.74) is 1.69. The Kier molecular flexibility index (Phi) is 2.91. The van der Waals surface area contributed by atoms with E-state index in [1.165, 1.54) is 0 Å². The zero-order valence-corrected chi connectivity index (χ0v) is 11.3. The van der Waals surface area contributed by atoms with Crippen LogP contribution in [-0.4, -0.2) is 14.9 Å². The number of hydrogen-bond donors (Lipinski definition) is 0. The first-order chi connectivity index (χ1) is 9.16. The number of benzene rings is 1. The van der Waals surface area contributed by atoms with Gasteiger partial charge < -0.3 is 9.13 Å². The Morgan fingerprint density at radius 3 is 2.74 bits per heavy atom. The Morgan fingerprint density at radius 1 is 1.16 bits per heavy atom. The molecule has 0 amide bonds. The zero-order valence-electron chi connectivity index (χ0n) is 10.5. The van der Waals surface area contributed by atoms with E-state index < -0.39 is 0 Å². The molecule has 0 atom stereocenters. The molecule has 0 spiro atoms. The molecule has 0 aliphatic rings. The Balaban J connectivity index is 1.96. The third-order valence-electron chi connectivity index (χ3n) is 3.30.